The molecule has 0 aliphatic rings. The van der Waals surface area contributed by atoms with Gasteiger partial charge in [0.05, 0.1) is 0 Å². The summed E-state index contributed by atoms with van der Waals surface area (Å²) in [4.78, 5) is 10.4. The van der Waals surface area contributed by atoms with E-state index in [1.54, 1.807) is 6.08 Å². The van der Waals surface area contributed by atoms with E-state index in [4.69, 9.17) is 5.73 Å². The molecular weight excluding hydrogens is 174 g/mol. The molecule has 0 radical (unpaired) electrons. The fourth-order valence-electron chi connectivity index (χ4n) is 0.856. The largest absolute Gasteiger partial charge is 0.366 e. The van der Waals surface area contributed by atoms with Crippen LogP contribution in [-0.2, 0) is 4.79 Å². The number of nitrogens with two attached hydrogens (primary N) is 1. The summed E-state index contributed by atoms with van der Waals surface area (Å²) in [6.07, 6.45) is 3.05. The predicted octanol–water partition coefficient (Wildman–Crippen LogP) is 2.52. The van der Waals surface area contributed by atoms with E-state index in [0.717, 1.165) is 5.56 Å². The van der Waals surface area contributed by atoms with E-state index in [9.17, 15) is 4.79 Å². The number of carbonyl (C=O) groups excluding carboxylic acids is 1. The molecule has 1 aromatic rings. The van der Waals surface area contributed by atoms with Crippen molar-refractivity contribution in [2.24, 2.45) is 5.73 Å². The molecule has 2 nitrogen and oxygen atoms in total. The summed E-state index contributed by atoms with van der Waals surface area (Å²) in [5.74, 6) is -0.421. The Kier molecular flexibility index (Phi) is 6.12. The van der Waals surface area contributed by atoms with Crippen LogP contribution in [0.15, 0.2) is 30.3 Å². The van der Waals surface area contributed by atoms with Crippen molar-refractivity contribution in [3.63, 3.8) is 0 Å². The minimum atomic E-state index is -0.421. The lowest BCUT2D eigenvalue weighted by Crippen LogP contribution is -2.04. The predicted molar refractivity (Wildman–Crippen MR) is 60.8 cm³/mol. The van der Waals surface area contributed by atoms with E-state index < -0.39 is 5.91 Å². The Labute approximate surface area is 85.4 Å². The maximum absolute atomic E-state index is 10.4. The zero-order valence-electron chi connectivity index (χ0n) is 8.95. The fourth-order valence-corrected chi connectivity index (χ4v) is 0.856. The Balaban J connectivity index is 0.000000791. The van der Waals surface area contributed by atoms with Gasteiger partial charge >= 0.3 is 0 Å². The van der Waals surface area contributed by atoms with E-state index in [0.29, 0.717) is 0 Å². The van der Waals surface area contributed by atoms with Gasteiger partial charge in [0.1, 0.15) is 0 Å². The van der Waals surface area contributed by atoms with Gasteiger partial charge in [-0.1, -0.05) is 43.7 Å². The molecule has 1 aromatic carbocycles. The fraction of sp³-hybridized carbons (Fsp3) is 0.250. The maximum Gasteiger partial charge on any atom is 0.241 e. The normalized spacial score (nSPS) is 9.36. The quantitative estimate of drug-likeness (QED) is 0.717. The highest BCUT2D eigenvalue weighted by Crippen LogP contribution is 2.04. The molecule has 0 saturated heterocycles. The molecular formula is C12H17NO. The van der Waals surface area contributed by atoms with Crippen molar-refractivity contribution in [1.82, 2.24) is 0 Å². The highest BCUT2D eigenvalue weighted by molar-refractivity contribution is 5.90. The maximum atomic E-state index is 10.4. The summed E-state index contributed by atoms with van der Waals surface area (Å²) < 4.78 is 0. The van der Waals surface area contributed by atoms with Crippen molar-refractivity contribution in [2.45, 2.75) is 20.8 Å². The number of carbonyl (C=O) groups is 1. The lowest BCUT2D eigenvalue weighted by Gasteiger charge is -1.93. The number of benzene rings is 1. The van der Waals surface area contributed by atoms with Crippen LogP contribution in [0.3, 0.4) is 0 Å². The summed E-state index contributed by atoms with van der Waals surface area (Å²) in [7, 11) is 0. The molecule has 0 aliphatic heterocycles. The second-order valence-electron chi connectivity index (χ2n) is 2.65. The van der Waals surface area contributed by atoms with Crippen LogP contribution in [0.2, 0.25) is 0 Å². The first-order valence-corrected chi connectivity index (χ1v) is 4.72. The average molecular weight is 191 g/mol. The molecule has 0 fully saturated rings. The van der Waals surface area contributed by atoms with E-state index in [2.05, 4.69) is 0 Å². The van der Waals surface area contributed by atoms with Crippen LogP contribution in [0.1, 0.15) is 25.0 Å². The van der Waals surface area contributed by atoms with Gasteiger partial charge in [-0.05, 0) is 18.6 Å². The molecule has 0 bridgehead atoms. The third-order valence-electron chi connectivity index (χ3n) is 1.52. The highest BCUT2D eigenvalue weighted by Gasteiger charge is 1.87. The average Bonchev–Trinajstić information content (AvgIpc) is 2.20. The molecule has 0 heterocycles. The molecule has 0 aliphatic carbocycles. The van der Waals surface area contributed by atoms with Gasteiger partial charge in [-0.15, -0.1) is 0 Å². The Morgan fingerprint density at radius 1 is 1.21 bits per heavy atom. The number of hydrogen-bond acceptors (Lipinski definition) is 1. The molecule has 0 saturated carbocycles. The van der Waals surface area contributed by atoms with Gasteiger partial charge < -0.3 is 5.73 Å². The van der Waals surface area contributed by atoms with Crippen molar-refractivity contribution >= 4 is 12.0 Å². The van der Waals surface area contributed by atoms with Crippen LogP contribution in [-0.4, -0.2) is 5.91 Å². The molecule has 14 heavy (non-hydrogen) atoms. The van der Waals surface area contributed by atoms with Gasteiger partial charge in [0.25, 0.3) is 0 Å². The Bertz CT molecular complexity index is 299. The van der Waals surface area contributed by atoms with Crippen molar-refractivity contribution < 1.29 is 4.79 Å². The topological polar surface area (TPSA) is 43.1 Å². The molecule has 0 unspecified atom stereocenters. The lowest BCUT2D eigenvalue weighted by atomic mass is 10.1. The number of primary amides is 1. The smallest absolute Gasteiger partial charge is 0.241 e. The molecule has 1 rings (SSSR count). The van der Waals surface area contributed by atoms with Crippen LogP contribution in [0.25, 0.3) is 6.08 Å². The number of rotatable bonds is 2. The zero-order valence-corrected chi connectivity index (χ0v) is 8.95. The summed E-state index contributed by atoms with van der Waals surface area (Å²) in [5, 5.41) is 0. The van der Waals surface area contributed by atoms with Gasteiger partial charge in [-0.2, -0.15) is 0 Å². The second-order valence-corrected chi connectivity index (χ2v) is 2.65. The SMILES string of the molecule is CC.Cc1ccc(/C=C/C(N)=O)cc1. The van der Waals surface area contributed by atoms with E-state index in [1.807, 2.05) is 45.0 Å². The third kappa shape index (κ3) is 5.14. The number of amides is 1. The van der Waals surface area contributed by atoms with E-state index in [1.165, 1.54) is 11.6 Å². The third-order valence-corrected chi connectivity index (χ3v) is 1.52. The lowest BCUT2D eigenvalue weighted by molar-refractivity contribution is -0.113. The molecule has 0 spiro atoms. The van der Waals surface area contributed by atoms with Crippen LogP contribution in [0.4, 0.5) is 0 Å². The van der Waals surface area contributed by atoms with Crippen molar-refractivity contribution in [3.05, 3.63) is 41.5 Å². The molecule has 76 valence electrons. The Morgan fingerprint density at radius 2 is 1.71 bits per heavy atom. The van der Waals surface area contributed by atoms with E-state index >= 15 is 0 Å². The van der Waals surface area contributed by atoms with Gasteiger partial charge in [0.15, 0.2) is 0 Å². The summed E-state index contributed by atoms with van der Waals surface area (Å²) >= 11 is 0. The summed E-state index contributed by atoms with van der Waals surface area (Å²) in [5.41, 5.74) is 7.13. The first-order valence-electron chi connectivity index (χ1n) is 4.72. The first-order chi connectivity index (χ1) is 6.68. The minimum absolute atomic E-state index is 0.421. The van der Waals surface area contributed by atoms with Crippen LogP contribution >= 0.6 is 0 Å². The molecule has 0 aromatic heterocycles. The van der Waals surface area contributed by atoms with Crippen LogP contribution in [0, 0.1) is 6.92 Å². The van der Waals surface area contributed by atoms with Gasteiger partial charge in [-0.3, -0.25) is 4.79 Å². The molecule has 2 N–H and O–H groups in total. The first kappa shape index (κ1) is 12.4. The highest BCUT2D eigenvalue weighted by atomic mass is 16.1. The van der Waals surface area contributed by atoms with Crippen molar-refractivity contribution in [2.75, 3.05) is 0 Å². The van der Waals surface area contributed by atoms with Gasteiger partial charge in [0, 0.05) is 6.08 Å². The zero-order chi connectivity index (χ0) is 11.0. The van der Waals surface area contributed by atoms with E-state index in [-0.39, 0.29) is 0 Å². The van der Waals surface area contributed by atoms with Crippen molar-refractivity contribution in [3.8, 4) is 0 Å². The summed E-state index contributed by atoms with van der Waals surface area (Å²) in [6, 6.07) is 7.85. The number of hydrogen-bond donors (Lipinski definition) is 1. The molecule has 0 atom stereocenters. The Hall–Kier alpha value is -1.57. The standard InChI is InChI=1S/C10H11NO.C2H6/c1-8-2-4-9(5-3-8)6-7-10(11)12;1-2/h2-7H,1H3,(H2,11,12);1-2H3/b7-6+;. The van der Waals surface area contributed by atoms with Crippen molar-refractivity contribution in [1.29, 1.82) is 0 Å². The molecule has 1 amide bonds. The Morgan fingerprint density at radius 3 is 2.14 bits per heavy atom. The summed E-state index contributed by atoms with van der Waals surface area (Å²) in [6.45, 7) is 6.02. The van der Waals surface area contributed by atoms with Crippen LogP contribution < -0.4 is 5.73 Å². The second kappa shape index (κ2) is 6.89. The minimum Gasteiger partial charge on any atom is -0.366 e. The molecule has 2 heteroatoms. The monoisotopic (exact) mass is 191 g/mol. The van der Waals surface area contributed by atoms with Crippen LogP contribution in [0.5, 0.6) is 0 Å². The van der Waals surface area contributed by atoms with Gasteiger partial charge in [-0.25, -0.2) is 0 Å². The van der Waals surface area contributed by atoms with Gasteiger partial charge in [0.2, 0.25) is 5.91 Å². The number of aryl methyl sites for hydroxylation is 1.